The predicted octanol–water partition coefficient (Wildman–Crippen LogP) is 2.80. The minimum Gasteiger partial charge on any atom is -0.353 e. The monoisotopic (exact) mass is 249 g/mol. The van der Waals surface area contributed by atoms with E-state index >= 15 is 0 Å². The first kappa shape index (κ1) is 12.5. The van der Waals surface area contributed by atoms with E-state index in [4.69, 9.17) is 0 Å². The standard InChI is InChI=1S/C14H19NOS/c1-11(12-5-3-2-4-6-12)9-17-10-14(16)15-13-7-8-13/h2-6,11,13H,7-10H2,1H3,(H,15,16)/t11-/m1/s1. The Morgan fingerprint density at radius 1 is 1.41 bits per heavy atom. The zero-order chi connectivity index (χ0) is 12.1. The summed E-state index contributed by atoms with van der Waals surface area (Å²) in [6.07, 6.45) is 2.33. The summed E-state index contributed by atoms with van der Waals surface area (Å²) in [6, 6.07) is 10.9. The summed E-state index contributed by atoms with van der Waals surface area (Å²) in [5.41, 5.74) is 1.35. The Kier molecular flexibility index (Phi) is 4.49. The molecule has 1 aromatic rings. The van der Waals surface area contributed by atoms with Crippen LogP contribution in [0.4, 0.5) is 0 Å². The molecule has 0 aromatic heterocycles. The molecule has 2 nitrogen and oxygen atoms in total. The third kappa shape index (κ3) is 4.43. The summed E-state index contributed by atoms with van der Waals surface area (Å²) in [7, 11) is 0. The van der Waals surface area contributed by atoms with Crippen LogP contribution in [0, 0.1) is 0 Å². The quantitative estimate of drug-likeness (QED) is 0.840. The van der Waals surface area contributed by atoms with Crippen molar-refractivity contribution < 1.29 is 4.79 Å². The van der Waals surface area contributed by atoms with Crippen molar-refractivity contribution >= 4 is 17.7 Å². The second kappa shape index (κ2) is 6.10. The molecule has 1 saturated carbocycles. The molecule has 1 fully saturated rings. The summed E-state index contributed by atoms with van der Waals surface area (Å²) in [5, 5.41) is 3.01. The molecule has 17 heavy (non-hydrogen) atoms. The Bertz CT molecular complexity index is 362. The third-order valence-corrected chi connectivity index (χ3v) is 4.11. The van der Waals surface area contributed by atoms with E-state index in [9.17, 15) is 4.79 Å². The third-order valence-electron chi connectivity index (χ3n) is 2.91. The summed E-state index contributed by atoms with van der Waals surface area (Å²) in [4.78, 5) is 11.5. The lowest BCUT2D eigenvalue weighted by Gasteiger charge is -2.11. The maximum absolute atomic E-state index is 11.5. The van der Waals surface area contributed by atoms with Gasteiger partial charge in [-0.3, -0.25) is 4.79 Å². The molecule has 0 bridgehead atoms. The number of amides is 1. The second-order valence-corrected chi connectivity index (χ2v) is 5.70. The number of thioether (sulfide) groups is 1. The fourth-order valence-corrected chi connectivity index (χ4v) is 2.64. The molecule has 0 aliphatic heterocycles. The Morgan fingerprint density at radius 3 is 2.76 bits per heavy atom. The molecule has 1 aromatic carbocycles. The molecule has 0 radical (unpaired) electrons. The molecule has 1 aliphatic carbocycles. The lowest BCUT2D eigenvalue weighted by molar-refractivity contribution is -0.118. The van der Waals surface area contributed by atoms with Crippen molar-refractivity contribution in [2.45, 2.75) is 31.7 Å². The van der Waals surface area contributed by atoms with E-state index < -0.39 is 0 Å². The van der Waals surface area contributed by atoms with Crippen LogP contribution in [0.15, 0.2) is 30.3 Å². The van der Waals surface area contributed by atoms with Gasteiger partial charge >= 0.3 is 0 Å². The van der Waals surface area contributed by atoms with Gasteiger partial charge in [0.1, 0.15) is 0 Å². The Balaban J connectivity index is 1.65. The van der Waals surface area contributed by atoms with Crippen LogP contribution in [0.2, 0.25) is 0 Å². The van der Waals surface area contributed by atoms with Crippen molar-refractivity contribution in [3.8, 4) is 0 Å². The smallest absolute Gasteiger partial charge is 0.230 e. The molecular formula is C14H19NOS. The van der Waals surface area contributed by atoms with Crippen molar-refractivity contribution in [2.75, 3.05) is 11.5 Å². The van der Waals surface area contributed by atoms with Gasteiger partial charge in [-0.2, -0.15) is 11.8 Å². The Hall–Kier alpha value is -0.960. The van der Waals surface area contributed by atoms with Crippen LogP contribution < -0.4 is 5.32 Å². The average Bonchev–Trinajstić information content (AvgIpc) is 3.14. The lowest BCUT2D eigenvalue weighted by Crippen LogP contribution is -2.27. The highest BCUT2D eigenvalue weighted by Crippen LogP contribution is 2.21. The second-order valence-electron chi connectivity index (χ2n) is 4.67. The van der Waals surface area contributed by atoms with E-state index in [-0.39, 0.29) is 5.91 Å². The highest BCUT2D eigenvalue weighted by molar-refractivity contribution is 7.99. The first-order valence-electron chi connectivity index (χ1n) is 6.18. The fourth-order valence-electron chi connectivity index (χ4n) is 1.70. The van der Waals surface area contributed by atoms with E-state index in [2.05, 4.69) is 36.5 Å². The summed E-state index contributed by atoms with van der Waals surface area (Å²) in [5.74, 6) is 2.29. The number of carbonyl (C=O) groups is 1. The van der Waals surface area contributed by atoms with Crippen LogP contribution in [-0.2, 0) is 4.79 Å². The van der Waals surface area contributed by atoms with Gasteiger partial charge in [0.15, 0.2) is 0 Å². The van der Waals surface area contributed by atoms with Crippen molar-refractivity contribution in [1.82, 2.24) is 5.32 Å². The highest BCUT2D eigenvalue weighted by Gasteiger charge is 2.22. The minimum atomic E-state index is 0.192. The lowest BCUT2D eigenvalue weighted by atomic mass is 10.0. The van der Waals surface area contributed by atoms with Crippen molar-refractivity contribution in [2.24, 2.45) is 0 Å². The molecule has 0 unspecified atom stereocenters. The Labute approximate surface area is 107 Å². The molecule has 1 amide bonds. The zero-order valence-electron chi connectivity index (χ0n) is 10.2. The summed E-state index contributed by atoms with van der Waals surface area (Å²) >= 11 is 1.72. The van der Waals surface area contributed by atoms with Crippen LogP contribution in [0.5, 0.6) is 0 Å². The van der Waals surface area contributed by atoms with E-state index in [0.29, 0.717) is 17.7 Å². The van der Waals surface area contributed by atoms with E-state index in [1.165, 1.54) is 5.56 Å². The largest absolute Gasteiger partial charge is 0.353 e. The number of nitrogens with one attached hydrogen (secondary N) is 1. The van der Waals surface area contributed by atoms with Crippen LogP contribution in [0.25, 0.3) is 0 Å². The molecule has 0 saturated heterocycles. The van der Waals surface area contributed by atoms with Crippen molar-refractivity contribution in [1.29, 1.82) is 0 Å². The van der Waals surface area contributed by atoms with E-state index in [1.54, 1.807) is 11.8 Å². The molecular weight excluding hydrogens is 230 g/mol. The number of hydrogen-bond acceptors (Lipinski definition) is 2. The van der Waals surface area contributed by atoms with Gasteiger partial charge in [0, 0.05) is 11.8 Å². The molecule has 3 heteroatoms. The van der Waals surface area contributed by atoms with Gasteiger partial charge in [-0.1, -0.05) is 37.3 Å². The van der Waals surface area contributed by atoms with E-state index in [1.807, 2.05) is 6.07 Å². The molecule has 0 spiro atoms. The molecule has 1 aliphatic rings. The predicted molar refractivity (Wildman–Crippen MR) is 73.3 cm³/mol. The van der Waals surface area contributed by atoms with Gasteiger partial charge in [-0.05, 0) is 24.3 Å². The highest BCUT2D eigenvalue weighted by atomic mass is 32.2. The summed E-state index contributed by atoms with van der Waals surface area (Å²) in [6.45, 7) is 2.21. The summed E-state index contributed by atoms with van der Waals surface area (Å²) < 4.78 is 0. The molecule has 1 atom stereocenters. The van der Waals surface area contributed by atoms with Crippen molar-refractivity contribution in [3.63, 3.8) is 0 Å². The normalized spacial score (nSPS) is 16.5. The first-order valence-corrected chi connectivity index (χ1v) is 7.33. The van der Waals surface area contributed by atoms with Gasteiger partial charge < -0.3 is 5.32 Å². The maximum Gasteiger partial charge on any atom is 0.230 e. The number of carbonyl (C=O) groups excluding carboxylic acids is 1. The fraction of sp³-hybridized carbons (Fsp3) is 0.500. The Morgan fingerprint density at radius 2 is 2.12 bits per heavy atom. The van der Waals surface area contributed by atoms with Crippen LogP contribution in [0.1, 0.15) is 31.2 Å². The SMILES string of the molecule is C[C@H](CSCC(=O)NC1CC1)c1ccccc1. The molecule has 1 N–H and O–H groups in total. The van der Waals surface area contributed by atoms with Crippen LogP contribution >= 0.6 is 11.8 Å². The minimum absolute atomic E-state index is 0.192. The van der Waals surface area contributed by atoms with Gasteiger partial charge in [-0.25, -0.2) is 0 Å². The number of benzene rings is 1. The zero-order valence-corrected chi connectivity index (χ0v) is 11.0. The first-order chi connectivity index (χ1) is 8.25. The van der Waals surface area contributed by atoms with Crippen LogP contribution in [0.3, 0.4) is 0 Å². The number of hydrogen-bond donors (Lipinski definition) is 1. The van der Waals surface area contributed by atoms with Gasteiger partial charge in [0.25, 0.3) is 0 Å². The molecule has 0 heterocycles. The maximum atomic E-state index is 11.5. The van der Waals surface area contributed by atoms with Crippen molar-refractivity contribution in [3.05, 3.63) is 35.9 Å². The van der Waals surface area contributed by atoms with Gasteiger partial charge in [-0.15, -0.1) is 0 Å². The van der Waals surface area contributed by atoms with Crippen LogP contribution in [-0.4, -0.2) is 23.5 Å². The van der Waals surface area contributed by atoms with Gasteiger partial charge in [0.2, 0.25) is 5.91 Å². The topological polar surface area (TPSA) is 29.1 Å². The average molecular weight is 249 g/mol. The van der Waals surface area contributed by atoms with Gasteiger partial charge in [0.05, 0.1) is 5.75 Å². The molecule has 2 rings (SSSR count). The number of rotatable bonds is 6. The molecule has 92 valence electrons. The van der Waals surface area contributed by atoms with E-state index in [0.717, 1.165) is 18.6 Å².